The first-order valence-electron chi connectivity index (χ1n) is 5.95. The summed E-state index contributed by atoms with van der Waals surface area (Å²) in [5, 5.41) is 0. The van der Waals surface area contributed by atoms with Gasteiger partial charge in [-0.25, -0.2) is 13.1 Å². The number of amides is 1. The van der Waals surface area contributed by atoms with Crippen LogP contribution in [0.1, 0.15) is 12.8 Å². The van der Waals surface area contributed by atoms with Gasteiger partial charge in [0.1, 0.15) is 4.90 Å². The molecule has 0 unspecified atom stereocenters. The van der Waals surface area contributed by atoms with Gasteiger partial charge in [0.05, 0.1) is 6.54 Å². The standard InChI is InChI=1S/C11H15N3O4S/c15-9-3-4-12-7-10(9)19(17,18)13-8-11(16)14-5-1-2-6-14/h3-4,7,13H,1-2,5-6,8H2,(H,12,15). The number of aromatic nitrogens is 1. The first-order chi connectivity index (χ1) is 9.00. The van der Waals surface area contributed by atoms with E-state index in [9.17, 15) is 18.0 Å². The van der Waals surface area contributed by atoms with Crippen molar-refractivity contribution in [3.63, 3.8) is 0 Å². The minimum atomic E-state index is -3.96. The van der Waals surface area contributed by atoms with E-state index in [2.05, 4.69) is 9.71 Å². The van der Waals surface area contributed by atoms with E-state index in [4.69, 9.17) is 0 Å². The van der Waals surface area contributed by atoms with Gasteiger partial charge in [0.2, 0.25) is 21.4 Å². The molecule has 2 heterocycles. The number of hydrogen-bond donors (Lipinski definition) is 2. The molecule has 1 aliphatic heterocycles. The van der Waals surface area contributed by atoms with Crippen LogP contribution < -0.4 is 10.2 Å². The lowest BCUT2D eigenvalue weighted by Gasteiger charge is -2.15. The summed E-state index contributed by atoms with van der Waals surface area (Å²) in [7, 11) is -3.96. The summed E-state index contributed by atoms with van der Waals surface area (Å²) >= 11 is 0. The van der Waals surface area contributed by atoms with Gasteiger partial charge in [-0.1, -0.05) is 0 Å². The van der Waals surface area contributed by atoms with Crippen molar-refractivity contribution < 1.29 is 13.2 Å². The van der Waals surface area contributed by atoms with Gasteiger partial charge in [-0.05, 0) is 12.8 Å². The number of nitrogens with one attached hydrogen (secondary N) is 2. The molecule has 19 heavy (non-hydrogen) atoms. The summed E-state index contributed by atoms with van der Waals surface area (Å²) < 4.78 is 25.9. The van der Waals surface area contributed by atoms with Gasteiger partial charge in [-0.15, -0.1) is 0 Å². The average molecular weight is 285 g/mol. The molecule has 1 aromatic heterocycles. The molecule has 1 aliphatic rings. The fraction of sp³-hybridized carbons (Fsp3) is 0.455. The number of hydrogen-bond acceptors (Lipinski definition) is 4. The second kappa shape index (κ2) is 5.54. The molecular weight excluding hydrogens is 270 g/mol. The predicted molar refractivity (Wildman–Crippen MR) is 68.1 cm³/mol. The van der Waals surface area contributed by atoms with Crippen LogP contribution in [0, 0.1) is 0 Å². The summed E-state index contributed by atoms with van der Waals surface area (Å²) in [5.41, 5.74) is -0.611. The van der Waals surface area contributed by atoms with Gasteiger partial charge >= 0.3 is 0 Å². The summed E-state index contributed by atoms with van der Waals surface area (Å²) in [6.45, 7) is 0.996. The monoisotopic (exact) mass is 285 g/mol. The van der Waals surface area contributed by atoms with Crippen LogP contribution in [0.5, 0.6) is 0 Å². The average Bonchev–Trinajstić information content (AvgIpc) is 2.90. The molecule has 7 nitrogen and oxygen atoms in total. The maximum Gasteiger partial charge on any atom is 0.246 e. The highest BCUT2D eigenvalue weighted by Crippen LogP contribution is 2.07. The van der Waals surface area contributed by atoms with Crippen LogP contribution in [0.4, 0.5) is 0 Å². The molecule has 0 spiro atoms. The molecule has 2 N–H and O–H groups in total. The summed E-state index contributed by atoms with van der Waals surface area (Å²) in [6.07, 6.45) is 4.33. The Morgan fingerprint density at radius 2 is 2.05 bits per heavy atom. The molecule has 0 bridgehead atoms. The Bertz CT molecular complexity index is 617. The fourth-order valence-corrected chi connectivity index (χ4v) is 2.95. The topological polar surface area (TPSA) is 99.3 Å². The van der Waals surface area contributed by atoms with Crippen LogP contribution in [0.2, 0.25) is 0 Å². The lowest BCUT2D eigenvalue weighted by molar-refractivity contribution is -0.128. The van der Waals surface area contributed by atoms with Crippen LogP contribution >= 0.6 is 0 Å². The molecule has 8 heteroatoms. The first kappa shape index (κ1) is 13.8. The van der Waals surface area contributed by atoms with Crippen molar-refractivity contribution in [1.82, 2.24) is 14.6 Å². The lowest BCUT2D eigenvalue weighted by atomic mass is 10.4. The first-order valence-corrected chi connectivity index (χ1v) is 7.43. The molecule has 1 aromatic rings. The summed E-state index contributed by atoms with van der Waals surface area (Å²) in [4.78, 5) is 26.9. The number of nitrogens with zero attached hydrogens (tertiary/aromatic N) is 1. The van der Waals surface area contributed by atoms with Crippen LogP contribution in [-0.4, -0.2) is 43.8 Å². The van der Waals surface area contributed by atoms with Crippen molar-refractivity contribution in [3.05, 3.63) is 28.7 Å². The lowest BCUT2D eigenvalue weighted by Crippen LogP contribution is -2.39. The van der Waals surface area contributed by atoms with Gasteiger partial charge in [0, 0.05) is 31.5 Å². The molecule has 104 valence electrons. The zero-order valence-electron chi connectivity index (χ0n) is 10.3. The van der Waals surface area contributed by atoms with Crippen LogP contribution in [0.3, 0.4) is 0 Å². The molecule has 0 aliphatic carbocycles. The van der Waals surface area contributed by atoms with Crippen molar-refractivity contribution in [2.45, 2.75) is 17.7 Å². The summed E-state index contributed by atoms with van der Waals surface area (Å²) in [5.74, 6) is -0.270. The Morgan fingerprint density at radius 1 is 1.37 bits per heavy atom. The Morgan fingerprint density at radius 3 is 2.68 bits per heavy atom. The fourth-order valence-electron chi connectivity index (χ4n) is 1.92. The van der Waals surface area contributed by atoms with Crippen molar-refractivity contribution in [2.75, 3.05) is 19.6 Å². The normalized spacial score (nSPS) is 15.7. The number of likely N-dealkylation sites (tertiary alicyclic amines) is 1. The molecule has 0 radical (unpaired) electrons. The Labute approximate surface area is 110 Å². The van der Waals surface area contributed by atoms with Crippen LogP contribution in [-0.2, 0) is 14.8 Å². The molecular formula is C11H15N3O4S. The van der Waals surface area contributed by atoms with Gasteiger partial charge in [0.25, 0.3) is 0 Å². The SMILES string of the molecule is O=C(CNS(=O)(=O)c1c[nH]ccc1=O)N1CCCC1. The van der Waals surface area contributed by atoms with Gasteiger partial charge < -0.3 is 9.88 Å². The van der Waals surface area contributed by atoms with Gasteiger partial charge in [-0.2, -0.15) is 0 Å². The molecule has 2 rings (SSSR count). The van der Waals surface area contributed by atoms with E-state index < -0.39 is 15.5 Å². The maximum absolute atomic E-state index is 11.9. The molecule has 1 saturated heterocycles. The largest absolute Gasteiger partial charge is 0.366 e. The van der Waals surface area contributed by atoms with E-state index in [1.165, 1.54) is 6.20 Å². The van der Waals surface area contributed by atoms with Crippen molar-refractivity contribution in [2.24, 2.45) is 0 Å². The highest BCUT2D eigenvalue weighted by atomic mass is 32.2. The van der Waals surface area contributed by atoms with Crippen molar-refractivity contribution in [3.8, 4) is 0 Å². The molecule has 0 aromatic carbocycles. The third-order valence-electron chi connectivity index (χ3n) is 2.95. The zero-order chi connectivity index (χ0) is 13.9. The van der Waals surface area contributed by atoms with Gasteiger partial charge in [0.15, 0.2) is 0 Å². The second-order valence-corrected chi connectivity index (χ2v) is 6.02. The predicted octanol–water partition coefficient (Wildman–Crippen LogP) is -0.724. The van der Waals surface area contributed by atoms with Crippen LogP contribution in [0.15, 0.2) is 28.2 Å². The number of aromatic amines is 1. The van der Waals surface area contributed by atoms with E-state index in [0.29, 0.717) is 13.1 Å². The number of pyridine rings is 1. The van der Waals surface area contributed by atoms with E-state index >= 15 is 0 Å². The van der Waals surface area contributed by atoms with E-state index in [-0.39, 0.29) is 17.3 Å². The summed E-state index contributed by atoms with van der Waals surface area (Å²) in [6, 6.07) is 1.12. The zero-order valence-corrected chi connectivity index (χ0v) is 11.1. The quantitative estimate of drug-likeness (QED) is 0.762. The van der Waals surface area contributed by atoms with Crippen molar-refractivity contribution >= 4 is 15.9 Å². The van der Waals surface area contributed by atoms with Crippen molar-refractivity contribution in [1.29, 1.82) is 0 Å². The Balaban J connectivity index is 2.04. The molecule has 1 fully saturated rings. The Hall–Kier alpha value is -1.67. The number of carbonyl (C=O) groups excluding carboxylic acids is 1. The highest BCUT2D eigenvalue weighted by Gasteiger charge is 2.22. The van der Waals surface area contributed by atoms with E-state index in [0.717, 1.165) is 25.1 Å². The number of rotatable bonds is 4. The number of sulfonamides is 1. The maximum atomic E-state index is 11.9. The molecule has 1 amide bonds. The third kappa shape index (κ3) is 3.21. The minimum absolute atomic E-state index is 0.270. The van der Waals surface area contributed by atoms with Crippen LogP contribution in [0.25, 0.3) is 0 Å². The van der Waals surface area contributed by atoms with Gasteiger partial charge in [-0.3, -0.25) is 9.59 Å². The Kier molecular flexibility index (Phi) is 4.01. The molecule has 0 saturated carbocycles. The smallest absolute Gasteiger partial charge is 0.246 e. The number of carbonyl (C=O) groups is 1. The minimum Gasteiger partial charge on any atom is -0.366 e. The number of H-pyrrole nitrogens is 1. The molecule has 0 atom stereocenters. The third-order valence-corrected chi connectivity index (χ3v) is 4.37. The highest BCUT2D eigenvalue weighted by molar-refractivity contribution is 7.89. The van der Waals surface area contributed by atoms with E-state index in [1.54, 1.807) is 4.90 Å². The van der Waals surface area contributed by atoms with E-state index in [1.807, 2.05) is 0 Å². The second-order valence-electron chi connectivity index (χ2n) is 4.29.